The Bertz CT molecular complexity index is 546. The quantitative estimate of drug-likeness (QED) is 0.591. The van der Waals surface area contributed by atoms with E-state index >= 15 is 0 Å². The highest BCUT2D eigenvalue weighted by molar-refractivity contribution is 5.93. The molecule has 5 heteroatoms. The van der Waals surface area contributed by atoms with Gasteiger partial charge >= 0.3 is 0 Å². The van der Waals surface area contributed by atoms with E-state index in [1.807, 2.05) is 24.3 Å². The number of fused-ring (bicyclic) bond motifs is 1. The van der Waals surface area contributed by atoms with Gasteiger partial charge in [-0.15, -0.1) is 0 Å². The maximum absolute atomic E-state index is 6.08. The SMILES string of the molecule is COCCCOCCOc1ccc2ncccc2c1N. The zero-order chi connectivity index (χ0) is 14.2. The summed E-state index contributed by atoms with van der Waals surface area (Å²) < 4.78 is 16.0. The molecule has 2 aromatic rings. The van der Waals surface area contributed by atoms with Gasteiger partial charge in [0.2, 0.25) is 0 Å². The first-order valence-corrected chi connectivity index (χ1v) is 6.65. The van der Waals surface area contributed by atoms with Crippen LogP contribution in [0, 0.1) is 0 Å². The van der Waals surface area contributed by atoms with Gasteiger partial charge in [-0.2, -0.15) is 0 Å². The minimum Gasteiger partial charge on any atom is -0.489 e. The summed E-state index contributed by atoms with van der Waals surface area (Å²) in [4.78, 5) is 4.25. The molecule has 1 aromatic heterocycles. The van der Waals surface area contributed by atoms with Crippen molar-refractivity contribution in [2.75, 3.05) is 39.3 Å². The van der Waals surface area contributed by atoms with E-state index in [4.69, 9.17) is 19.9 Å². The minimum atomic E-state index is 0.475. The molecule has 20 heavy (non-hydrogen) atoms. The number of anilines is 1. The number of rotatable bonds is 8. The lowest BCUT2D eigenvalue weighted by Crippen LogP contribution is -2.09. The Hall–Kier alpha value is -1.85. The zero-order valence-electron chi connectivity index (χ0n) is 11.7. The monoisotopic (exact) mass is 276 g/mol. The number of nitrogen functional groups attached to an aromatic ring is 1. The average molecular weight is 276 g/mol. The number of aromatic nitrogens is 1. The van der Waals surface area contributed by atoms with Crippen molar-refractivity contribution in [3.8, 4) is 5.75 Å². The fourth-order valence-corrected chi connectivity index (χ4v) is 1.90. The Balaban J connectivity index is 1.83. The molecule has 0 bridgehead atoms. The van der Waals surface area contributed by atoms with Crippen LogP contribution in [-0.2, 0) is 9.47 Å². The average Bonchev–Trinajstić information content (AvgIpc) is 2.49. The molecule has 108 valence electrons. The molecule has 2 N–H and O–H groups in total. The van der Waals surface area contributed by atoms with Crippen molar-refractivity contribution in [2.24, 2.45) is 0 Å². The Kier molecular flexibility index (Phi) is 5.58. The molecule has 0 aliphatic heterocycles. The molecule has 0 radical (unpaired) electrons. The van der Waals surface area contributed by atoms with Crippen LogP contribution in [0.25, 0.3) is 10.9 Å². The topological polar surface area (TPSA) is 66.6 Å². The summed E-state index contributed by atoms with van der Waals surface area (Å²) in [5, 5.41) is 0.908. The van der Waals surface area contributed by atoms with E-state index in [0.717, 1.165) is 17.3 Å². The lowest BCUT2D eigenvalue weighted by atomic mass is 10.2. The summed E-state index contributed by atoms with van der Waals surface area (Å²) >= 11 is 0. The molecular weight excluding hydrogens is 256 g/mol. The van der Waals surface area contributed by atoms with E-state index in [2.05, 4.69) is 4.98 Å². The molecule has 2 rings (SSSR count). The number of methoxy groups -OCH3 is 1. The van der Waals surface area contributed by atoms with E-state index in [1.54, 1.807) is 13.3 Å². The van der Waals surface area contributed by atoms with Crippen molar-refractivity contribution in [3.05, 3.63) is 30.5 Å². The Morgan fingerprint density at radius 1 is 1.10 bits per heavy atom. The van der Waals surface area contributed by atoms with Crippen molar-refractivity contribution >= 4 is 16.6 Å². The van der Waals surface area contributed by atoms with Crippen LogP contribution in [0.1, 0.15) is 6.42 Å². The molecule has 0 saturated carbocycles. The summed E-state index contributed by atoms with van der Waals surface area (Å²) in [6, 6.07) is 7.54. The summed E-state index contributed by atoms with van der Waals surface area (Å²) in [6.45, 7) is 2.40. The van der Waals surface area contributed by atoms with Crippen LogP contribution in [0.4, 0.5) is 5.69 Å². The van der Waals surface area contributed by atoms with Crippen LogP contribution in [-0.4, -0.2) is 38.5 Å². The van der Waals surface area contributed by atoms with Crippen LogP contribution in [0.2, 0.25) is 0 Å². The lowest BCUT2D eigenvalue weighted by Gasteiger charge is -2.11. The van der Waals surface area contributed by atoms with Crippen LogP contribution >= 0.6 is 0 Å². The first kappa shape index (κ1) is 14.6. The second kappa shape index (κ2) is 7.67. The zero-order valence-corrected chi connectivity index (χ0v) is 11.7. The summed E-state index contributed by atoms with van der Waals surface area (Å²) in [7, 11) is 1.68. The second-order valence-electron chi connectivity index (χ2n) is 4.35. The third-order valence-corrected chi connectivity index (χ3v) is 2.91. The molecular formula is C15H20N2O3. The third kappa shape index (κ3) is 3.82. The van der Waals surface area contributed by atoms with Crippen molar-refractivity contribution in [2.45, 2.75) is 6.42 Å². The Labute approximate surface area is 118 Å². The van der Waals surface area contributed by atoms with E-state index in [1.165, 1.54) is 0 Å². The van der Waals surface area contributed by atoms with Crippen LogP contribution in [0.15, 0.2) is 30.5 Å². The first-order valence-electron chi connectivity index (χ1n) is 6.65. The number of nitrogens with zero attached hydrogens (tertiary/aromatic N) is 1. The van der Waals surface area contributed by atoms with Crippen molar-refractivity contribution < 1.29 is 14.2 Å². The van der Waals surface area contributed by atoms with E-state index in [-0.39, 0.29) is 0 Å². The van der Waals surface area contributed by atoms with Gasteiger partial charge in [0.1, 0.15) is 12.4 Å². The highest BCUT2D eigenvalue weighted by Gasteiger charge is 2.05. The highest BCUT2D eigenvalue weighted by Crippen LogP contribution is 2.29. The van der Waals surface area contributed by atoms with E-state index < -0.39 is 0 Å². The molecule has 0 saturated heterocycles. The maximum Gasteiger partial charge on any atom is 0.143 e. The minimum absolute atomic E-state index is 0.475. The van der Waals surface area contributed by atoms with Gasteiger partial charge in [-0.1, -0.05) is 0 Å². The van der Waals surface area contributed by atoms with Gasteiger partial charge in [-0.05, 0) is 30.7 Å². The largest absolute Gasteiger partial charge is 0.489 e. The summed E-state index contributed by atoms with van der Waals surface area (Å²) in [6.07, 6.45) is 2.64. The van der Waals surface area contributed by atoms with E-state index in [0.29, 0.717) is 37.9 Å². The number of hydrogen-bond donors (Lipinski definition) is 1. The Morgan fingerprint density at radius 2 is 2.00 bits per heavy atom. The Morgan fingerprint density at radius 3 is 2.85 bits per heavy atom. The molecule has 0 aliphatic rings. The fraction of sp³-hybridized carbons (Fsp3) is 0.400. The van der Waals surface area contributed by atoms with E-state index in [9.17, 15) is 0 Å². The highest BCUT2D eigenvalue weighted by atomic mass is 16.5. The molecule has 1 aromatic carbocycles. The van der Waals surface area contributed by atoms with Gasteiger partial charge in [0.05, 0.1) is 17.8 Å². The summed E-state index contributed by atoms with van der Waals surface area (Å²) in [5.41, 5.74) is 7.57. The molecule has 5 nitrogen and oxygen atoms in total. The van der Waals surface area contributed by atoms with Gasteiger partial charge in [0.25, 0.3) is 0 Å². The first-order chi connectivity index (χ1) is 9.83. The number of benzene rings is 1. The van der Waals surface area contributed by atoms with Crippen LogP contribution < -0.4 is 10.5 Å². The van der Waals surface area contributed by atoms with Gasteiger partial charge < -0.3 is 19.9 Å². The number of hydrogen-bond acceptors (Lipinski definition) is 5. The maximum atomic E-state index is 6.08. The molecule has 0 amide bonds. The van der Waals surface area contributed by atoms with Gasteiger partial charge in [0, 0.05) is 31.9 Å². The van der Waals surface area contributed by atoms with Gasteiger partial charge in [0.15, 0.2) is 0 Å². The normalized spacial score (nSPS) is 10.8. The van der Waals surface area contributed by atoms with Gasteiger partial charge in [-0.3, -0.25) is 4.98 Å². The standard InChI is InChI=1S/C15H20N2O3/c1-18-8-3-9-19-10-11-20-14-6-5-13-12(15(14)16)4-2-7-17-13/h2,4-7H,3,8-11,16H2,1H3. The number of pyridine rings is 1. The lowest BCUT2D eigenvalue weighted by molar-refractivity contribution is 0.0808. The third-order valence-electron chi connectivity index (χ3n) is 2.91. The smallest absolute Gasteiger partial charge is 0.143 e. The fourth-order valence-electron chi connectivity index (χ4n) is 1.90. The summed E-state index contributed by atoms with van der Waals surface area (Å²) in [5.74, 6) is 0.672. The molecule has 0 unspecified atom stereocenters. The van der Waals surface area contributed by atoms with Crippen molar-refractivity contribution in [1.82, 2.24) is 4.98 Å². The van der Waals surface area contributed by atoms with Crippen molar-refractivity contribution in [1.29, 1.82) is 0 Å². The molecule has 0 spiro atoms. The number of nitrogens with two attached hydrogens (primary N) is 1. The molecule has 0 fully saturated rings. The second-order valence-corrected chi connectivity index (χ2v) is 4.35. The predicted octanol–water partition coefficient (Wildman–Crippen LogP) is 2.25. The van der Waals surface area contributed by atoms with Crippen molar-refractivity contribution in [3.63, 3.8) is 0 Å². The van der Waals surface area contributed by atoms with Crippen LogP contribution in [0.5, 0.6) is 5.75 Å². The molecule has 1 heterocycles. The molecule has 0 atom stereocenters. The molecule has 0 aliphatic carbocycles. The van der Waals surface area contributed by atoms with Crippen LogP contribution in [0.3, 0.4) is 0 Å². The van der Waals surface area contributed by atoms with Gasteiger partial charge in [-0.25, -0.2) is 0 Å². The predicted molar refractivity (Wildman–Crippen MR) is 79.0 cm³/mol. The number of ether oxygens (including phenoxy) is 3.